The SMILES string of the molecule is COc1cc(/C=C/C(=O)O[C@H]2CC[C@@]3(C)C(=CC(O)C4C3CC[C@]3(C)C(=O)CCC43)C2)ccc1O. The Bertz CT molecular complexity index is 1090. The topological polar surface area (TPSA) is 93.1 Å². The van der Waals surface area contributed by atoms with Crippen molar-refractivity contribution < 1.29 is 29.3 Å². The molecule has 0 radical (unpaired) electrons. The first-order valence-corrected chi connectivity index (χ1v) is 12.8. The highest BCUT2D eigenvalue weighted by atomic mass is 16.5. The van der Waals surface area contributed by atoms with Crippen LogP contribution in [0.15, 0.2) is 35.9 Å². The fraction of sp³-hybridized carbons (Fsp3) is 0.586. The van der Waals surface area contributed by atoms with Crippen LogP contribution in [0.1, 0.15) is 64.4 Å². The van der Waals surface area contributed by atoms with Gasteiger partial charge in [0, 0.05) is 24.3 Å². The van der Waals surface area contributed by atoms with E-state index in [-0.39, 0.29) is 34.5 Å². The third-order valence-electron chi connectivity index (χ3n) is 9.69. The predicted molar refractivity (Wildman–Crippen MR) is 132 cm³/mol. The predicted octanol–water partition coefficient (Wildman–Crippen LogP) is 4.83. The number of aliphatic hydroxyl groups is 1. The summed E-state index contributed by atoms with van der Waals surface area (Å²) in [5.74, 6) is 1.13. The van der Waals surface area contributed by atoms with E-state index in [1.54, 1.807) is 18.2 Å². The third kappa shape index (κ3) is 4.00. The first-order chi connectivity index (χ1) is 16.7. The van der Waals surface area contributed by atoms with E-state index in [0.717, 1.165) is 37.7 Å². The Morgan fingerprint density at radius 3 is 2.63 bits per heavy atom. The number of ether oxygens (including phenoxy) is 2. The Morgan fingerprint density at radius 2 is 1.86 bits per heavy atom. The summed E-state index contributed by atoms with van der Waals surface area (Å²) in [4.78, 5) is 25.2. The highest BCUT2D eigenvalue weighted by molar-refractivity contribution is 5.87. The van der Waals surface area contributed by atoms with E-state index in [2.05, 4.69) is 13.8 Å². The number of aromatic hydroxyl groups is 1. The van der Waals surface area contributed by atoms with Crippen molar-refractivity contribution in [1.82, 2.24) is 0 Å². The van der Waals surface area contributed by atoms with Crippen LogP contribution in [0.25, 0.3) is 6.08 Å². The van der Waals surface area contributed by atoms with Gasteiger partial charge in [-0.05, 0) is 79.0 Å². The number of ketones is 1. The minimum Gasteiger partial charge on any atom is -0.504 e. The van der Waals surface area contributed by atoms with Crippen molar-refractivity contribution in [3.05, 3.63) is 41.5 Å². The van der Waals surface area contributed by atoms with Crippen LogP contribution in [-0.2, 0) is 14.3 Å². The van der Waals surface area contributed by atoms with E-state index >= 15 is 0 Å². The van der Waals surface area contributed by atoms with Crippen LogP contribution in [0.3, 0.4) is 0 Å². The molecule has 0 saturated heterocycles. The van der Waals surface area contributed by atoms with Crippen LogP contribution in [0.2, 0.25) is 0 Å². The Morgan fingerprint density at radius 1 is 1.11 bits per heavy atom. The van der Waals surface area contributed by atoms with E-state index in [9.17, 15) is 19.8 Å². The smallest absolute Gasteiger partial charge is 0.331 e. The molecule has 5 rings (SSSR count). The van der Waals surface area contributed by atoms with E-state index < -0.39 is 12.1 Å². The molecule has 35 heavy (non-hydrogen) atoms. The average molecular weight is 481 g/mol. The Kier molecular flexibility index (Phi) is 6.07. The standard InChI is InChI=1S/C29H36O6/c1-28-12-10-19(35-26(33)9-5-17-4-7-22(30)24(14-17)34-3)15-18(28)16-23(31)27-20-6-8-25(32)29(20,2)13-11-21(27)28/h4-5,7,9,14,16,19-21,23,27,30-31H,6,8,10-13,15H2,1-3H3/b9-5+/t19-,20?,21?,23?,27?,28-,29-/m0/s1. The molecule has 0 aliphatic heterocycles. The zero-order valence-electron chi connectivity index (χ0n) is 20.8. The van der Waals surface area contributed by atoms with Crippen molar-refractivity contribution in [3.63, 3.8) is 0 Å². The number of benzene rings is 1. The van der Waals surface area contributed by atoms with E-state index in [1.807, 2.05) is 6.08 Å². The van der Waals surface area contributed by atoms with E-state index in [1.165, 1.54) is 24.8 Å². The molecular formula is C29H36O6. The van der Waals surface area contributed by atoms with Gasteiger partial charge in [-0.3, -0.25) is 4.79 Å². The summed E-state index contributed by atoms with van der Waals surface area (Å²) in [6.07, 6.45) is 10.1. The maximum Gasteiger partial charge on any atom is 0.331 e. The molecule has 0 spiro atoms. The maximum absolute atomic E-state index is 12.6. The molecule has 1 aromatic rings. The number of carbonyl (C=O) groups is 2. The molecule has 7 atom stereocenters. The van der Waals surface area contributed by atoms with Crippen LogP contribution >= 0.6 is 0 Å². The van der Waals surface area contributed by atoms with Gasteiger partial charge in [-0.2, -0.15) is 0 Å². The van der Waals surface area contributed by atoms with Crippen LogP contribution in [0, 0.1) is 28.6 Å². The van der Waals surface area contributed by atoms with Crippen molar-refractivity contribution >= 4 is 17.8 Å². The fourth-order valence-corrected chi connectivity index (χ4v) is 7.65. The lowest BCUT2D eigenvalue weighted by Crippen LogP contribution is -2.54. The van der Waals surface area contributed by atoms with Gasteiger partial charge in [-0.15, -0.1) is 0 Å². The number of hydrogen-bond acceptors (Lipinski definition) is 6. The van der Waals surface area contributed by atoms with E-state index in [0.29, 0.717) is 30.3 Å². The van der Waals surface area contributed by atoms with Gasteiger partial charge in [0.15, 0.2) is 11.5 Å². The summed E-state index contributed by atoms with van der Waals surface area (Å²) in [5.41, 5.74) is 1.64. The number of Topliss-reactive ketones (excluding diaryl/α,β-unsaturated/α-hetero) is 1. The molecule has 0 heterocycles. The quantitative estimate of drug-likeness (QED) is 0.364. The normalized spacial score (nSPS) is 38.3. The van der Waals surface area contributed by atoms with Crippen molar-refractivity contribution in [1.29, 1.82) is 0 Å². The van der Waals surface area contributed by atoms with Crippen molar-refractivity contribution in [2.24, 2.45) is 28.6 Å². The van der Waals surface area contributed by atoms with Gasteiger partial charge in [0.25, 0.3) is 0 Å². The molecule has 0 amide bonds. The fourth-order valence-electron chi connectivity index (χ4n) is 7.65. The highest BCUT2D eigenvalue weighted by Gasteiger charge is 2.60. The second-order valence-corrected chi connectivity index (χ2v) is 11.4. The molecule has 3 saturated carbocycles. The van der Waals surface area contributed by atoms with Crippen molar-refractivity contribution in [3.8, 4) is 11.5 Å². The van der Waals surface area contributed by atoms with Gasteiger partial charge in [0.2, 0.25) is 0 Å². The molecule has 6 nitrogen and oxygen atoms in total. The number of phenolic OH excluding ortho intramolecular Hbond substituents is 1. The lowest BCUT2D eigenvalue weighted by atomic mass is 9.47. The third-order valence-corrected chi connectivity index (χ3v) is 9.69. The van der Waals surface area contributed by atoms with Gasteiger partial charge in [0.05, 0.1) is 13.2 Å². The van der Waals surface area contributed by atoms with Crippen LogP contribution in [0.4, 0.5) is 0 Å². The van der Waals surface area contributed by atoms with Crippen LogP contribution in [-0.4, -0.2) is 41.3 Å². The first kappa shape index (κ1) is 24.1. The number of fused-ring (bicyclic) bond motifs is 5. The Hall–Kier alpha value is -2.60. The number of aliphatic hydroxyl groups excluding tert-OH is 1. The monoisotopic (exact) mass is 480 g/mol. The number of hydrogen-bond donors (Lipinski definition) is 2. The number of esters is 1. The van der Waals surface area contributed by atoms with Gasteiger partial charge in [-0.1, -0.05) is 31.6 Å². The molecule has 2 N–H and O–H groups in total. The van der Waals surface area contributed by atoms with Gasteiger partial charge >= 0.3 is 5.97 Å². The zero-order chi connectivity index (χ0) is 25.0. The zero-order valence-corrected chi connectivity index (χ0v) is 20.8. The minimum atomic E-state index is -0.544. The number of carbonyl (C=O) groups excluding carboxylic acids is 2. The summed E-state index contributed by atoms with van der Waals surface area (Å²) in [6, 6.07) is 4.88. The number of rotatable bonds is 4. The average Bonchev–Trinajstić information content (AvgIpc) is 3.14. The molecule has 6 heteroatoms. The van der Waals surface area contributed by atoms with Crippen molar-refractivity contribution in [2.45, 2.75) is 71.0 Å². The molecular weight excluding hydrogens is 444 g/mol. The van der Waals surface area contributed by atoms with Crippen LogP contribution in [0.5, 0.6) is 11.5 Å². The second-order valence-electron chi connectivity index (χ2n) is 11.4. The molecule has 188 valence electrons. The van der Waals surface area contributed by atoms with Gasteiger partial charge in [-0.25, -0.2) is 4.79 Å². The van der Waals surface area contributed by atoms with Gasteiger partial charge in [0.1, 0.15) is 11.9 Å². The van der Waals surface area contributed by atoms with Crippen LogP contribution < -0.4 is 4.74 Å². The summed E-state index contributed by atoms with van der Waals surface area (Å²) in [5, 5.41) is 20.9. The molecule has 0 bridgehead atoms. The molecule has 1 aromatic carbocycles. The number of phenols is 1. The van der Waals surface area contributed by atoms with Gasteiger partial charge < -0.3 is 19.7 Å². The summed E-state index contributed by atoms with van der Waals surface area (Å²) in [7, 11) is 1.48. The second kappa shape index (κ2) is 8.81. The summed E-state index contributed by atoms with van der Waals surface area (Å²) < 4.78 is 10.9. The molecule has 0 aromatic heterocycles. The maximum atomic E-state index is 12.6. The first-order valence-electron chi connectivity index (χ1n) is 12.8. The lowest BCUT2D eigenvalue weighted by molar-refractivity contribution is -0.146. The molecule has 4 aliphatic carbocycles. The number of methoxy groups -OCH3 is 1. The Labute approximate surface area is 207 Å². The minimum absolute atomic E-state index is 0.0157. The molecule has 3 fully saturated rings. The largest absolute Gasteiger partial charge is 0.504 e. The Balaban J connectivity index is 1.27. The molecule has 4 aliphatic rings. The van der Waals surface area contributed by atoms with E-state index in [4.69, 9.17) is 9.47 Å². The lowest BCUT2D eigenvalue weighted by Gasteiger charge is -2.58. The highest BCUT2D eigenvalue weighted by Crippen LogP contribution is 2.64. The summed E-state index contributed by atoms with van der Waals surface area (Å²) >= 11 is 0. The van der Waals surface area contributed by atoms with Crippen molar-refractivity contribution in [2.75, 3.05) is 7.11 Å². The summed E-state index contributed by atoms with van der Waals surface area (Å²) in [6.45, 7) is 4.44. The molecule has 4 unspecified atom stereocenters.